The van der Waals surface area contributed by atoms with Crippen LogP contribution in [0.1, 0.15) is 24.2 Å². The Labute approximate surface area is 138 Å². The molecule has 0 bridgehead atoms. The molecule has 0 N–H and O–H groups in total. The molecule has 1 aromatic carbocycles. The van der Waals surface area contributed by atoms with Crippen LogP contribution < -0.4 is 4.90 Å². The molecule has 3 rings (SSSR count). The number of ketones is 1. The van der Waals surface area contributed by atoms with Gasteiger partial charge in [-0.25, -0.2) is 0 Å². The molecule has 126 valence electrons. The first-order chi connectivity index (χ1) is 11.1. The van der Waals surface area contributed by atoms with E-state index in [0.29, 0.717) is 13.2 Å². The number of ether oxygens (including phenoxy) is 2. The standard InChI is InChI=1S/C18H26N2O3/c1-18(2,20-9-13-23-14-10-20)17(21)15-3-5-16(6-4-15)19-7-11-22-12-8-19/h3-6H,7-14H2,1-2H3. The number of carbonyl (C=O) groups excluding carboxylic acids is 1. The van der Waals surface area contributed by atoms with Crippen LogP contribution >= 0.6 is 0 Å². The van der Waals surface area contributed by atoms with Gasteiger partial charge in [0.25, 0.3) is 0 Å². The molecule has 0 spiro atoms. The first-order valence-corrected chi connectivity index (χ1v) is 8.39. The van der Waals surface area contributed by atoms with Crippen molar-refractivity contribution in [3.63, 3.8) is 0 Å². The predicted molar refractivity (Wildman–Crippen MR) is 90.3 cm³/mol. The first-order valence-electron chi connectivity index (χ1n) is 8.39. The van der Waals surface area contributed by atoms with Crippen molar-refractivity contribution < 1.29 is 14.3 Å². The molecule has 0 aliphatic carbocycles. The summed E-state index contributed by atoms with van der Waals surface area (Å²) in [5.74, 6) is 0.174. The quantitative estimate of drug-likeness (QED) is 0.792. The van der Waals surface area contributed by atoms with Gasteiger partial charge in [0.05, 0.1) is 32.0 Å². The summed E-state index contributed by atoms with van der Waals surface area (Å²) in [7, 11) is 0. The average molecular weight is 318 g/mol. The Balaban J connectivity index is 1.71. The fourth-order valence-corrected chi connectivity index (χ4v) is 3.26. The third-order valence-corrected chi connectivity index (χ3v) is 4.86. The van der Waals surface area contributed by atoms with E-state index in [2.05, 4.69) is 9.80 Å². The summed E-state index contributed by atoms with van der Waals surface area (Å²) in [5, 5.41) is 0. The van der Waals surface area contributed by atoms with Crippen LogP contribution in [0.5, 0.6) is 0 Å². The second-order valence-corrected chi connectivity index (χ2v) is 6.63. The molecular weight excluding hydrogens is 292 g/mol. The van der Waals surface area contributed by atoms with Gasteiger partial charge in [-0.1, -0.05) is 0 Å². The number of rotatable bonds is 4. The Morgan fingerprint density at radius 1 is 0.913 bits per heavy atom. The van der Waals surface area contributed by atoms with Crippen molar-refractivity contribution >= 4 is 11.5 Å². The van der Waals surface area contributed by atoms with Crippen LogP contribution in [-0.2, 0) is 9.47 Å². The van der Waals surface area contributed by atoms with E-state index in [1.165, 1.54) is 0 Å². The molecule has 0 unspecified atom stereocenters. The second-order valence-electron chi connectivity index (χ2n) is 6.63. The summed E-state index contributed by atoms with van der Waals surface area (Å²) in [4.78, 5) is 17.5. The fraction of sp³-hybridized carbons (Fsp3) is 0.611. The summed E-state index contributed by atoms with van der Waals surface area (Å²) in [6, 6.07) is 8.01. The number of hydrogen-bond donors (Lipinski definition) is 0. The van der Waals surface area contributed by atoms with E-state index in [4.69, 9.17) is 9.47 Å². The van der Waals surface area contributed by atoms with Crippen LogP contribution in [0.2, 0.25) is 0 Å². The van der Waals surface area contributed by atoms with Gasteiger partial charge in [-0.05, 0) is 38.1 Å². The van der Waals surface area contributed by atoms with Crippen LogP contribution in [0.4, 0.5) is 5.69 Å². The highest BCUT2D eigenvalue weighted by molar-refractivity contribution is 6.02. The highest BCUT2D eigenvalue weighted by atomic mass is 16.5. The van der Waals surface area contributed by atoms with E-state index >= 15 is 0 Å². The third-order valence-electron chi connectivity index (χ3n) is 4.86. The van der Waals surface area contributed by atoms with Gasteiger partial charge in [-0.3, -0.25) is 9.69 Å². The van der Waals surface area contributed by atoms with Gasteiger partial charge < -0.3 is 14.4 Å². The molecule has 2 fully saturated rings. The maximum Gasteiger partial charge on any atom is 0.182 e. The molecule has 1 aromatic rings. The van der Waals surface area contributed by atoms with Gasteiger partial charge in [0.1, 0.15) is 0 Å². The molecule has 2 heterocycles. The van der Waals surface area contributed by atoms with Gasteiger partial charge in [-0.2, -0.15) is 0 Å². The molecule has 23 heavy (non-hydrogen) atoms. The zero-order valence-corrected chi connectivity index (χ0v) is 14.1. The molecule has 0 atom stereocenters. The molecule has 2 aliphatic rings. The number of Topliss-reactive ketones (excluding diaryl/α,β-unsaturated/α-hetero) is 1. The average Bonchev–Trinajstić information content (AvgIpc) is 2.63. The van der Waals surface area contributed by atoms with E-state index in [1.807, 2.05) is 38.1 Å². The molecule has 0 saturated carbocycles. The number of anilines is 1. The van der Waals surface area contributed by atoms with Crippen molar-refractivity contribution in [3.05, 3.63) is 29.8 Å². The lowest BCUT2D eigenvalue weighted by Gasteiger charge is -2.39. The number of nitrogens with zero attached hydrogens (tertiary/aromatic N) is 2. The Bertz CT molecular complexity index is 530. The molecule has 2 aliphatic heterocycles. The Kier molecular flexibility index (Phi) is 4.99. The SMILES string of the molecule is CC(C)(C(=O)c1ccc(N2CCOCC2)cc1)N1CCOCC1. The lowest BCUT2D eigenvalue weighted by molar-refractivity contribution is -0.00429. The van der Waals surface area contributed by atoms with Gasteiger partial charge in [0.2, 0.25) is 0 Å². The smallest absolute Gasteiger partial charge is 0.182 e. The Hall–Kier alpha value is -1.43. The van der Waals surface area contributed by atoms with Gasteiger partial charge >= 0.3 is 0 Å². The molecule has 5 heteroatoms. The van der Waals surface area contributed by atoms with Crippen molar-refractivity contribution in [3.8, 4) is 0 Å². The van der Waals surface area contributed by atoms with Crippen LogP contribution in [0.3, 0.4) is 0 Å². The number of morpholine rings is 2. The lowest BCUT2D eigenvalue weighted by Crippen LogP contribution is -2.54. The van der Waals surface area contributed by atoms with Crippen LogP contribution in [0, 0.1) is 0 Å². The second kappa shape index (κ2) is 6.99. The molecule has 5 nitrogen and oxygen atoms in total. The van der Waals surface area contributed by atoms with Gasteiger partial charge in [-0.15, -0.1) is 0 Å². The summed E-state index contributed by atoms with van der Waals surface area (Å²) in [6.45, 7) is 10.4. The minimum atomic E-state index is -0.496. The summed E-state index contributed by atoms with van der Waals surface area (Å²) in [6.07, 6.45) is 0. The largest absolute Gasteiger partial charge is 0.379 e. The number of hydrogen-bond acceptors (Lipinski definition) is 5. The monoisotopic (exact) mass is 318 g/mol. The van der Waals surface area contributed by atoms with Gasteiger partial charge in [0.15, 0.2) is 5.78 Å². The van der Waals surface area contributed by atoms with Crippen molar-refractivity contribution in [2.75, 3.05) is 57.5 Å². The molecule has 2 saturated heterocycles. The molecule has 0 amide bonds. The summed E-state index contributed by atoms with van der Waals surface area (Å²) >= 11 is 0. The normalized spacial score (nSPS) is 20.5. The van der Waals surface area contributed by atoms with Crippen LogP contribution in [-0.4, -0.2) is 68.8 Å². The summed E-state index contributed by atoms with van der Waals surface area (Å²) in [5.41, 5.74) is 1.44. The minimum absolute atomic E-state index is 0.174. The minimum Gasteiger partial charge on any atom is -0.379 e. The highest BCUT2D eigenvalue weighted by Gasteiger charge is 2.35. The number of benzene rings is 1. The van der Waals surface area contributed by atoms with E-state index in [-0.39, 0.29) is 5.78 Å². The zero-order valence-electron chi connectivity index (χ0n) is 14.1. The zero-order chi connectivity index (χ0) is 16.3. The number of carbonyl (C=O) groups is 1. The van der Waals surface area contributed by atoms with E-state index in [9.17, 15) is 4.79 Å². The molecule has 0 radical (unpaired) electrons. The first kappa shape index (κ1) is 16.4. The van der Waals surface area contributed by atoms with Gasteiger partial charge in [0, 0.05) is 37.4 Å². The lowest BCUT2D eigenvalue weighted by atomic mass is 9.90. The maximum absolute atomic E-state index is 12.9. The third kappa shape index (κ3) is 3.57. The highest BCUT2D eigenvalue weighted by Crippen LogP contribution is 2.24. The predicted octanol–water partition coefficient (Wildman–Crippen LogP) is 1.82. The van der Waals surface area contributed by atoms with Crippen LogP contribution in [0.15, 0.2) is 24.3 Å². The van der Waals surface area contributed by atoms with Crippen molar-refractivity contribution in [2.45, 2.75) is 19.4 Å². The molecule has 0 aromatic heterocycles. The van der Waals surface area contributed by atoms with Crippen molar-refractivity contribution in [2.24, 2.45) is 0 Å². The van der Waals surface area contributed by atoms with Crippen molar-refractivity contribution in [1.29, 1.82) is 0 Å². The topological polar surface area (TPSA) is 42.0 Å². The van der Waals surface area contributed by atoms with Crippen LogP contribution in [0.25, 0.3) is 0 Å². The molecular formula is C18H26N2O3. The Morgan fingerprint density at radius 3 is 2.00 bits per heavy atom. The Morgan fingerprint density at radius 2 is 1.43 bits per heavy atom. The summed E-state index contributed by atoms with van der Waals surface area (Å²) < 4.78 is 10.8. The van der Waals surface area contributed by atoms with E-state index in [1.54, 1.807) is 0 Å². The maximum atomic E-state index is 12.9. The van der Waals surface area contributed by atoms with E-state index in [0.717, 1.165) is 50.6 Å². The van der Waals surface area contributed by atoms with Crippen molar-refractivity contribution in [1.82, 2.24) is 4.90 Å². The van der Waals surface area contributed by atoms with E-state index < -0.39 is 5.54 Å². The fourth-order valence-electron chi connectivity index (χ4n) is 3.26.